The minimum atomic E-state index is -0.935. The zero-order chi connectivity index (χ0) is 10.3. The van der Waals surface area contributed by atoms with Gasteiger partial charge in [0.15, 0.2) is 0 Å². The van der Waals surface area contributed by atoms with Crippen molar-refractivity contribution in [3.8, 4) is 0 Å². The van der Waals surface area contributed by atoms with Crippen LogP contribution in [0.4, 0.5) is 0 Å². The highest BCUT2D eigenvalue weighted by atomic mass is 35.5. The lowest BCUT2D eigenvalue weighted by molar-refractivity contribution is -0.132. The van der Waals surface area contributed by atoms with Crippen LogP contribution in [-0.4, -0.2) is 36.2 Å². The van der Waals surface area contributed by atoms with Gasteiger partial charge in [-0.2, -0.15) is 0 Å². The van der Waals surface area contributed by atoms with Crippen molar-refractivity contribution in [2.75, 3.05) is 14.1 Å². The van der Waals surface area contributed by atoms with E-state index in [0.29, 0.717) is 0 Å². The summed E-state index contributed by atoms with van der Waals surface area (Å²) in [5, 5.41) is 7.89. The first-order chi connectivity index (χ1) is 5.29. The molecule has 0 aromatic heterocycles. The van der Waals surface area contributed by atoms with Crippen LogP contribution in [0.25, 0.3) is 0 Å². The Labute approximate surface area is 85.8 Å². The van der Waals surface area contributed by atoms with Crippen LogP contribution in [0.2, 0.25) is 0 Å². The number of rotatable bonds is 2. The maximum atomic E-state index is 9.60. The first kappa shape index (κ1) is 18.3. The van der Waals surface area contributed by atoms with Crippen molar-refractivity contribution in [1.29, 1.82) is 0 Å². The summed E-state index contributed by atoms with van der Waals surface area (Å²) in [6.45, 7) is 6.55. The number of halogens is 1. The highest BCUT2D eigenvalue weighted by Crippen LogP contribution is 1.81. The zero-order valence-electron chi connectivity index (χ0n) is 8.57. The van der Waals surface area contributed by atoms with Gasteiger partial charge in [-0.15, -0.1) is 12.4 Å². The molecule has 0 aliphatic carbocycles. The normalized spacial score (nSPS) is 10.6. The number of carboxylic acids is 1. The summed E-state index contributed by atoms with van der Waals surface area (Å²) in [7, 11) is 3.90. The van der Waals surface area contributed by atoms with E-state index >= 15 is 0 Å². The second-order valence-corrected chi connectivity index (χ2v) is 2.79. The van der Waals surface area contributed by atoms with Gasteiger partial charge in [-0.05, 0) is 27.9 Å². The molecule has 80 valence electrons. The Hall–Kier alpha value is -0.580. The van der Waals surface area contributed by atoms with Gasteiger partial charge in [0.05, 0.1) is 6.17 Å². The van der Waals surface area contributed by atoms with E-state index in [2.05, 4.69) is 6.58 Å². The topological polar surface area (TPSA) is 66.6 Å². The molecule has 0 aromatic rings. The van der Waals surface area contributed by atoms with E-state index in [4.69, 9.17) is 10.8 Å². The number of carbonyl (C=O) groups is 1. The molecule has 0 aliphatic rings. The van der Waals surface area contributed by atoms with Gasteiger partial charge >= 0.3 is 5.97 Å². The van der Waals surface area contributed by atoms with E-state index in [1.807, 2.05) is 25.9 Å². The third-order valence-electron chi connectivity index (χ3n) is 1.18. The third kappa shape index (κ3) is 18.4. The van der Waals surface area contributed by atoms with Crippen LogP contribution in [0.3, 0.4) is 0 Å². The minimum Gasteiger partial charge on any atom is -0.478 e. The monoisotopic (exact) mass is 210 g/mol. The first-order valence-corrected chi connectivity index (χ1v) is 3.59. The number of hydrogen-bond donors (Lipinski definition) is 2. The van der Waals surface area contributed by atoms with Gasteiger partial charge < -0.3 is 10.8 Å². The quantitative estimate of drug-likeness (QED) is 0.526. The average Bonchev–Trinajstić information content (AvgIpc) is 1.88. The second kappa shape index (κ2) is 9.51. The molecule has 0 aliphatic heterocycles. The van der Waals surface area contributed by atoms with Gasteiger partial charge in [0.1, 0.15) is 0 Å². The Morgan fingerprint density at radius 1 is 1.54 bits per heavy atom. The fraction of sp³-hybridized carbons (Fsp3) is 0.625. The van der Waals surface area contributed by atoms with Gasteiger partial charge in [-0.25, -0.2) is 4.79 Å². The fourth-order valence-corrected chi connectivity index (χ4v) is 0. The van der Waals surface area contributed by atoms with Crippen LogP contribution in [0.5, 0.6) is 0 Å². The minimum absolute atomic E-state index is 0. The standard InChI is InChI=1S/C4H12N2.C4H6O2.ClH/c1-4(5)6(2)3;1-3(2)4(5)6;/h4H,5H2,1-3H3;1H2,2H3,(H,5,6);1H. The van der Waals surface area contributed by atoms with Crippen LogP contribution in [0.15, 0.2) is 12.2 Å². The highest BCUT2D eigenvalue weighted by molar-refractivity contribution is 5.85. The maximum Gasteiger partial charge on any atom is 0.330 e. The number of carboxylic acid groups (broad SMARTS) is 1. The molecule has 1 unspecified atom stereocenters. The van der Waals surface area contributed by atoms with Crippen molar-refractivity contribution in [2.24, 2.45) is 5.73 Å². The molecular formula is C8H19ClN2O2. The Balaban J connectivity index is -0.000000143. The van der Waals surface area contributed by atoms with Gasteiger partial charge in [0.2, 0.25) is 0 Å². The van der Waals surface area contributed by atoms with Gasteiger partial charge in [-0.1, -0.05) is 6.58 Å². The van der Waals surface area contributed by atoms with E-state index in [1.165, 1.54) is 6.92 Å². The summed E-state index contributed by atoms with van der Waals surface area (Å²) in [4.78, 5) is 11.5. The molecule has 3 N–H and O–H groups in total. The first-order valence-electron chi connectivity index (χ1n) is 3.59. The van der Waals surface area contributed by atoms with Crippen molar-refractivity contribution in [1.82, 2.24) is 4.90 Å². The van der Waals surface area contributed by atoms with Crippen LogP contribution >= 0.6 is 12.4 Å². The second-order valence-electron chi connectivity index (χ2n) is 2.79. The fourth-order valence-electron chi connectivity index (χ4n) is 0. The van der Waals surface area contributed by atoms with Crippen molar-refractivity contribution < 1.29 is 9.90 Å². The lowest BCUT2D eigenvalue weighted by Gasteiger charge is -2.12. The van der Waals surface area contributed by atoms with Crippen molar-refractivity contribution in [2.45, 2.75) is 20.0 Å². The van der Waals surface area contributed by atoms with Crippen LogP contribution in [-0.2, 0) is 4.79 Å². The van der Waals surface area contributed by atoms with Crippen LogP contribution < -0.4 is 5.73 Å². The Morgan fingerprint density at radius 2 is 1.69 bits per heavy atom. The van der Waals surface area contributed by atoms with Crippen LogP contribution in [0.1, 0.15) is 13.8 Å². The van der Waals surface area contributed by atoms with Crippen molar-refractivity contribution in [3.63, 3.8) is 0 Å². The zero-order valence-corrected chi connectivity index (χ0v) is 9.39. The average molecular weight is 211 g/mol. The molecule has 0 heterocycles. The number of nitrogens with two attached hydrogens (primary N) is 1. The summed E-state index contributed by atoms with van der Waals surface area (Å²) in [6, 6.07) is 0. The summed E-state index contributed by atoms with van der Waals surface area (Å²) in [5.41, 5.74) is 5.54. The SMILES string of the molecule is C=C(C)C(=O)O.CC(N)N(C)C.Cl. The lowest BCUT2D eigenvalue weighted by atomic mass is 10.4. The van der Waals surface area contributed by atoms with Crippen LogP contribution in [0, 0.1) is 0 Å². The van der Waals surface area contributed by atoms with Gasteiger partial charge in [0, 0.05) is 5.57 Å². The molecule has 4 nitrogen and oxygen atoms in total. The third-order valence-corrected chi connectivity index (χ3v) is 1.18. The molecule has 0 aromatic carbocycles. The molecule has 0 saturated carbocycles. The summed E-state index contributed by atoms with van der Waals surface area (Å²) in [6.07, 6.45) is 0.185. The Bertz CT molecular complexity index is 140. The van der Waals surface area contributed by atoms with Crippen molar-refractivity contribution >= 4 is 18.4 Å². The number of aliphatic carboxylic acids is 1. The Kier molecular flexibility index (Phi) is 13.3. The van der Waals surface area contributed by atoms with E-state index < -0.39 is 5.97 Å². The van der Waals surface area contributed by atoms with Gasteiger partial charge in [0.25, 0.3) is 0 Å². The molecule has 0 bridgehead atoms. The van der Waals surface area contributed by atoms with Gasteiger partial charge in [-0.3, -0.25) is 4.90 Å². The molecule has 0 spiro atoms. The largest absolute Gasteiger partial charge is 0.478 e. The molecule has 0 saturated heterocycles. The maximum absolute atomic E-state index is 9.60. The van der Waals surface area contributed by atoms with Crippen molar-refractivity contribution in [3.05, 3.63) is 12.2 Å². The molecule has 5 heteroatoms. The molecule has 0 radical (unpaired) electrons. The van der Waals surface area contributed by atoms with E-state index in [0.717, 1.165) is 0 Å². The van der Waals surface area contributed by atoms with E-state index in [1.54, 1.807) is 0 Å². The molecule has 0 rings (SSSR count). The summed E-state index contributed by atoms with van der Waals surface area (Å²) in [5.74, 6) is -0.935. The smallest absolute Gasteiger partial charge is 0.330 e. The summed E-state index contributed by atoms with van der Waals surface area (Å²) < 4.78 is 0. The highest BCUT2D eigenvalue weighted by Gasteiger charge is 1.90. The predicted molar refractivity (Wildman–Crippen MR) is 57.0 cm³/mol. The van der Waals surface area contributed by atoms with E-state index in [-0.39, 0.29) is 24.1 Å². The molecular weight excluding hydrogens is 192 g/mol. The molecule has 0 fully saturated rings. The number of nitrogens with zero attached hydrogens (tertiary/aromatic N) is 1. The predicted octanol–water partition coefficient (Wildman–Crippen LogP) is 0.922. The molecule has 13 heavy (non-hydrogen) atoms. The molecule has 1 atom stereocenters. The lowest BCUT2D eigenvalue weighted by Crippen LogP contribution is -2.32. The number of hydrogen-bond acceptors (Lipinski definition) is 3. The molecule has 0 amide bonds. The summed E-state index contributed by atoms with van der Waals surface area (Å²) >= 11 is 0. The van der Waals surface area contributed by atoms with E-state index in [9.17, 15) is 4.79 Å². The Morgan fingerprint density at radius 3 is 1.69 bits per heavy atom.